The first-order valence-electron chi connectivity index (χ1n) is 10.2. The molecular weight excluding hydrogens is 499 g/mol. The van der Waals surface area contributed by atoms with E-state index in [2.05, 4.69) is 9.97 Å². The number of ether oxygens (including phenoxy) is 5. The monoisotopic (exact) mass is 520 g/mol. The van der Waals surface area contributed by atoms with Crippen molar-refractivity contribution in [2.45, 2.75) is 20.5 Å². The fourth-order valence-corrected chi connectivity index (χ4v) is 3.58. The molecular formula is C24H22Cl2N2O7. The summed E-state index contributed by atoms with van der Waals surface area (Å²) in [4.78, 5) is 33.1. The smallest absolute Gasteiger partial charge is 0.235 e. The molecule has 11 heteroatoms. The summed E-state index contributed by atoms with van der Waals surface area (Å²) in [6.45, 7) is 2.73. The van der Waals surface area contributed by atoms with E-state index in [1.165, 1.54) is 34.1 Å². The highest BCUT2D eigenvalue weighted by molar-refractivity contribution is 6.31. The van der Waals surface area contributed by atoms with Gasteiger partial charge in [-0.15, -0.1) is 0 Å². The van der Waals surface area contributed by atoms with Crippen LogP contribution in [0.3, 0.4) is 0 Å². The zero-order valence-electron chi connectivity index (χ0n) is 19.6. The molecule has 0 aliphatic heterocycles. The first-order chi connectivity index (χ1) is 16.7. The predicted octanol–water partition coefficient (Wildman–Crippen LogP) is 5.59. The molecule has 1 aromatic carbocycles. The number of hydrogen-bond donors (Lipinski definition) is 0. The van der Waals surface area contributed by atoms with Crippen LogP contribution in [0.25, 0.3) is 0 Å². The Balaban J connectivity index is 2.06. The highest BCUT2D eigenvalue weighted by Crippen LogP contribution is 2.45. The largest absolute Gasteiger partial charge is 0.497 e. The van der Waals surface area contributed by atoms with Crippen molar-refractivity contribution in [2.75, 3.05) is 21.3 Å². The average molecular weight is 521 g/mol. The third-order valence-electron chi connectivity index (χ3n) is 4.81. The summed E-state index contributed by atoms with van der Waals surface area (Å²) in [6.07, 6.45) is 0. The van der Waals surface area contributed by atoms with E-state index >= 15 is 0 Å². The molecule has 2 aromatic heterocycles. The van der Waals surface area contributed by atoms with Crippen molar-refractivity contribution < 1.29 is 33.3 Å². The molecule has 0 N–H and O–H groups in total. The maximum Gasteiger partial charge on any atom is 0.235 e. The molecule has 0 fully saturated rings. The van der Waals surface area contributed by atoms with Crippen LogP contribution in [-0.2, 0) is 6.61 Å². The number of carbonyl (C=O) groups is 2. The number of halogens is 2. The number of pyridine rings is 2. The first kappa shape index (κ1) is 26.1. The number of hydrogen-bond acceptors (Lipinski definition) is 9. The summed E-state index contributed by atoms with van der Waals surface area (Å²) in [7, 11) is 4.27. The van der Waals surface area contributed by atoms with Gasteiger partial charge in [-0.25, -0.2) is 4.98 Å². The van der Waals surface area contributed by atoms with Gasteiger partial charge < -0.3 is 23.7 Å². The van der Waals surface area contributed by atoms with Crippen LogP contribution >= 0.6 is 23.2 Å². The average Bonchev–Trinajstić information content (AvgIpc) is 2.83. The molecule has 0 unspecified atom stereocenters. The lowest BCUT2D eigenvalue weighted by atomic mass is 10.1. The Hall–Kier alpha value is -3.56. The summed E-state index contributed by atoms with van der Waals surface area (Å²) in [6, 6.07) is 8.55. The van der Waals surface area contributed by atoms with E-state index in [9.17, 15) is 9.59 Å². The van der Waals surface area contributed by atoms with Gasteiger partial charge in [0, 0.05) is 6.07 Å². The van der Waals surface area contributed by atoms with Gasteiger partial charge in [-0.05, 0) is 31.5 Å². The van der Waals surface area contributed by atoms with Crippen molar-refractivity contribution in [1.29, 1.82) is 0 Å². The number of carbonyl (C=O) groups excluding carboxylic acids is 2. The molecule has 0 saturated heterocycles. The second-order valence-electron chi connectivity index (χ2n) is 7.12. The van der Waals surface area contributed by atoms with Gasteiger partial charge >= 0.3 is 0 Å². The van der Waals surface area contributed by atoms with Crippen LogP contribution in [0.5, 0.6) is 34.8 Å². The lowest BCUT2D eigenvalue weighted by Crippen LogP contribution is -2.09. The number of rotatable bonds is 10. The molecule has 0 saturated carbocycles. The fraction of sp³-hybridized carbons (Fsp3) is 0.250. The molecule has 0 amide bonds. The van der Waals surface area contributed by atoms with Gasteiger partial charge in [-0.3, -0.25) is 9.59 Å². The topological polar surface area (TPSA) is 106 Å². The van der Waals surface area contributed by atoms with E-state index in [1.54, 1.807) is 19.2 Å². The first-order valence-corrected chi connectivity index (χ1v) is 10.9. The molecule has 0 aliphatic rings. The molecule has 0 atom stereocenters. The molecule has 0 radical (unpaired) electrons. The highest BCUT2D eigenvalue weighted by Gasteiger charge is 2.28. The predicted molar refractivity (Wildman–Crippen MR) is 129 cm³/mol. The van der Waals surface area contributed by atoms with Crippen LogP contribution in [0.1, 0.15) is 40.1 Å². The van der Waals surface area contributed by atoms with Crippen LogP contribution in [0.2, 0.25) is 10.3 Å². The standard InChI is InChI=1S/C24H22Cl2N2O7/c1-12(29)18-16(32-4)10-17(25)27-24(18)35-21-20(33-5)19(13(2)30)23(28-22(21)26)34-11-14-6-8-15(31-3)9-7-14/h6-10H,11H2,1-5H3. The van der Waals surface area contributed by atoms with Gasteiger partial charge in [0.2, 0.25) is 17.5 Å². The number of benzene rings is 1. The Morgan fingerprint density at radius 3 is 2.03 bits per heavy atom. The molecule has 3 rings (SSSR count). The molecule has 0 aliphatic carbocycles. The van der Waals surface area contributed by atoms with Crippen LogP contribution in [0, 0.1) is 0 Å². The van der Waals surface area contributed by atoms with Crippen molar-refractivity contribution in [1.82, 2.24) is 9.97 Å². The zero-order valence-corrected chi connectivity index (χ0v) is 21.1. The lowest BCUT2D eigenvalue weighted by Gasteiger charge is -2.18. The minimum absolute atomic E-state index is 0.00113. The number of aromatic nitrogens is 2. The van der Waals surface area contributed by atoms with Gasteiger partial charge in [-0.1, -0.05) is 35.3 Å². The molecule has 9 nitrogen and oxygen atoms in total. The molecule has 3 aromatic rings. The molecule has 0 spiro atoms. The minimum atomic E-state index is -0.413. The van der Waals surface area contributed by atoms with E-state index < -0.39 is 11.6 Å². The fourth-order valence-electron chi connectivity index (χ4n) is 3.20. The summed E-state index contributed by atoms with van der Waals surface area (Å²) < 4.78 is 27.5. The SMILES string of the molecule is COc1ccc(COc2nc(Cl)c(Oc3nc(Cl)cc(OC)c3C(C)=O)c(OC)c2C(C)=O)cc1. The van der Waals surface area contributed by atoms with Crippen molar-refractivity contribution in [3.63, 3.8) is 0 Å². The number of ketones is 2. The van der Waals surface area contributed by atoms with Crippen molar-refractivity contribution in [3.8, 4) is 34.8 Å². The van der Waals surface area contributed by atoms with E-state index in [1.807, 2.05) is 12.1 Å². The van der Waals surface area contributed by atoms with Crippen molar-refractivity contribution in [3.05, 3.63) is 57.3 Å². The van der Waals surface area contributed by atoms with Gasteiger partial charge in [0.25, 0.3) is 0 Å². The van der Waals surface area contributed by atoms with Crippen LogP contribution < -0.4 is 23.7 Å². The molecule has 184 valence electrons. The molecule has 35 heavy (non-hydrogen) atoms. The lowest BCUT2D eigenvalue weighted by molar-refractivity contribution is 0.0994. The number of Topliss-reactive ketones (excluding diaryl/α,β-unsaturated/α-hetero) is 2. The number of methoxy groups -OCH3 is 3. The minimum Gasteiger partial charge on any atom is -0.497 e. The van der Waals surface area contributed by atoms with E-state index in [4.69, 9.17) is 46.9 Å². The highest BCUT2D eigenvalue weighted by atomic mass is 35.5. The van der Waals surface area contributed by atoms with Crippen LogP contribution in [0.4, 0.5) is 0 Å². The Morgan fingerprint density at radius 2 is 1.49 bits per heavy atom. The summed E-state index contributed by atoms with van der Waals surface area (Å²) in [5.41, 5.74) is 0.830. The van der Waals surface area contributed by atoms with Gasteiger partial charge in [0.15, 0.2) is 22.5 Å². The zero-order chi connectivity index (χ0) is 25.7. The quantitative estimate of drug-likeness (QED) is 0.249. The molecule has 2 heterocycles. The van der Waals surface area contributed by atoms with Crippen LogP contribution in [0.15, 0.2) is 30.3 Å². The van der Waals surface area contributed by atoms with Crippen molar-refractivity contribution in [2.24, 2.45) is 0 Å². The Kier molecular flexibility index (Phi) is 8.37. The number of nitrogens with zero attached hydrogens (tertiary/aromatic N) is 2. The Labute approximate surface area is 211 Å². The second-order valence-corrected chi connectivity index (χ2v) is 7.87. The van der Waals surface area contributed by atoms with Crippen LogP contribution in [-0.4, -0.2) is 42.9 Å². The van der Waals surface area contributed by atoms with E-state index in [-0.39, 0.29) is 57.0 Å². The summed E-state index contributed by atoms with van der Waals surface area (Å²) in [5, 5.41) is -0.178. The third kappa shape index (κ3) is 5.75. The van der Waals surface area contributed by atoms with E-state index in [0.717, 1.165) is 5.56 Å². The second kappa shape index (κ2) is 11.2. The summed E-state index contributed by atoms with van der Waals surface area (Å²) >= 11 is 12.5. The van der Waals surface area contributed by atoms with Gasteiger partial charge in [0.05, 0.1) is 21.3 Å². The summed E-state index contributed by atoms with van der Waals surface area (Å²) in [5.74, 6) is -0.385. The molecule has 0 bridgehead atoms. The third-order valence-corrected chi connectivity index (χ3v) is 5.26. The van der Waals surface area contributed by atoms with Gasteiger partial charge in [-0.2, -0.15) is 4.98 Å². The Morgan fingerprint density at radius 1 is 0.829 bits per heavy atom. The van der Waals surface area contributed by atoms with Crippen molar-refractivity contribution >= 4 is 34.8 Å². The Bertz CT molecular complexity index is 1260. The maximum absolute atomic E-state index is 12.6. The maximum atomic E-state index is 12.6. The normalized spacial score (nSPS) is 10.5. The van der Waals surface area contributed by atoms with E-state index in [0.29, 0.717) is 5.75 Å². The van der Waals surface area contributed by atoms with Gasteiger partial charge in [0.1, 0.15) is 34.4 Å².